The summed E-state index contributed by atoms with van der Waals surface area (Å²) >= 11 is 0. The van der Waals surface area contributed by atoms with E-state index in [4.69, 9.17) is 0 Å². The zero-order valence-electron chi connectivity index (χ0n) is 20.6. The van der Waals surface area contributed by atoms with Gasteiger partial charge in [0.25, 0.3) is 0 Å². The molecule has 6 nitrogen and oxygen atoms in total. The number of rotatable bonds is 9. The molecule has 0 saturated heterocycles. The Kier molecular flexibility index (Phi) is 7.49. The quantitative estimate of drug-likeness (QED) is 0.292. The van der Waals surface area contributed by atoms with Gasteiger partial charge in [0.1, 0.15) is 17.5 Å². The lowest BCUT2D eigenvalue weighted by Crippen LogP contribution is -2.30. The molecule has 5 rings (SSSR count). The Morgan fingerprint density at radius 1 is 0.872 bits per heavy atom. The summed E-state index contributed by atoms with van der Waals surface area (Å²) in [6.07, 6.45) is 4.09. The highest BCUT2D eigenvalue weighted by Gasteiger charge is 2.43. The average Bonchev–Trinajstić information content (AvgIpc) is 3.74. The zero-order chi connectivity index (χ0) is 27.6. The molecule has 39 heavy (non-hydrogen) atoms. The Balaban J connectivity index is 1.34. The van der Waals surface area contributed by atoms with E-state index in [1.165, 1.54) is 48.5 Å². The molecule has 1 aliphatic rings. The van der Waals surface area contributed by atoms with Crippen LogP contribution in [0, 0.1) is 23.4 Å². The van der Waals surface area contributed by atoms with Crippen molar-refractivity contribution in [2.75, 3.05) is 5.32 Å². The Bertz CT molecular complexity index is 1580. The van der Waals surface area contributed by atoms with Gasteiger partial charge in [-0.05, 0) is 90.2 Å². The molecular weight excluding hydrogens is 527 g/mol. The molecule has 10 heteroatoms. The van der Waals surface area contributed by atoms with E-state index in [-0.39, 0.29) is 34.7 Å². The maximum absolute atomic E-state index is 14.4. The Labute approximate surface area is 224 Å². The van der Waals surface area contributed by atoms with E-state index < -0.39 is 34.0 Å². The van der Waals surface area contributed by atoms with Crippen molar-refractivity contribution >= 4 is 21.6 Å². The average molecular weight is 552 g/mol. The number of aromatic nitrogens is 1. The van der Waals surface area contributed by atoms with Gasteiger partial charge in [-0.2, -0.15) is 4.31 Å². The van der Waals surface area contributed by atoms with Crippen molar-refractivity contribution in [3.63, 3.8) is 0 Å². The van der Waals surface area contributed by atoms with Gasteiger partial charge in [0.15, 0.2) is 0 Å². The Morgan fingerprint density at radius 3 is 2.23 bits per heavy atom. The van der Waals surface area contributed by atoms with E-state index >= 15 is 0 Å². The van der Waals surface area contributed by atoms with Gasteiger partial charge in [0.05, 0.1) is 4.90 Å². The normalized spacial score (nSPS) is 16.7. The summed E-state index contributed by atoms with van der Waals surface area (Å²) in [7, 11) is -4.20. The van der Waals surface area contributed by atoms with Crippen molar-refractivity contribution in [1.82, 2.24) is 9.29 Å². The van der Waals surface area contributed by atoms with Crippen LogP contribution in [0.2, 0.25) is 0 Å². The minimum atomic E-state index is -4.20. The first-order valence-electron chi connectivity index (χ1n) is 12.2. The molecule has 1 aromatic heterocycles. The fourth-order valence-electron chi connectivity index (χ4n) is 4.43. The molecule has 1 fully saturated rings. The van der Waals surface area contributed by atoms with Crippen LogP contribution < -0.4 is 5.32 Å². The highest BCUT2D eigenvalue weighted by Crippen LogP contribution is 2.47. The second kappa shape index (κ2) is 11.0. The first kappa shape index (κ1) is 26.6. The number of hydrogen-bond acceptors (Lipinski definition) is 4. The lowest BCUT2D eigenvalue weighted by Gasteiger charge is -2.23. The molecule has 1 N–H and O–H groups in total. The first-order valence-corrected chi connectivity index (χ1v) is 13.6. The number of nitrogens with zero attached hydrogens (tertiary/aromatic N) is 2. The van der Waals surface area contributed by atoms with Crippen LogP contribution in [0.3, 0.4) is 0 Å². The maximum atomic E-state index is 14.4. The predicted molar refractivity (Wildman–Crippen MR) is 139 cm³/mol. The van der Waals surface area contributed by atoms with E-state index in [1.807, 2.05) is 12.1 Å². The van der Waals surface area contributed by atoms with Crippen LogP contribution in [0.5, 0.6) is 0 Å². The number of halogens is 3. The van der Waals surface area contributed by atoms with Crippen molar-refractivity contribution in [1.29, 1.82) is 0 Å². The predicted octanol–water partition coefficient (Wildman–Crippen LogP) is 5.63. The molecule has 1 amide bonds. The first-order chi connectivity index (χ1) is 18.7. The summed E-state index contributed by atoms with van der Waals surface area (Å²) in [5, 5.41) is 2.82. The number of benzene rings is 3. The van der Waals surface area contributed by atoms with E-state index in [0.29, 0.717) is 11.3 Å². The van der Waals surface area contributed by atoms with Gasteiger partial charge in [-0.25, -0.2) is 21.6 Å². The molecule has 3 aromatic carbocycles. The number of pyridine rings is 1. The fourth-order valence-corrected chi connectivity index (χ4v) is 5.84. The van der Waals surface area contributed by atoms with Crippen molar-refractivity contribution < 1.29 is 26.4 Å². The van der Waals surface area contributed by atoms with E-state index in [9.17, 15) is 26.4 Å². The van der Waals surface area contributed by atoms with Crippen LogP contribution in [0.15, 0.2) is 96.2 Å². The second-order valence-corrected chi connectivity index (χ2v) is 11.3. The molecule has 1 aliphatic carbocycles. The van der Waals surface area contributed by atoms with Gasteiger partial charge in [0, 0.05) is 42.7 Å². The lowest BCUT2D eigenvalue weighted by atomic mass is 10.1. The van der Waals surface area contributed by atoms with Gasteiger partial charge < -0.3 is 5.32 Å². The zero-order valence-corrected chi connectivity index (χ0v) is 21.4. The minimum Gasteiger partial charge on any atom is -0.326 e. The number of anilines is 1. The molecule has 0 aliphatic heterocycles. The molecule has 200 valence electrons. The van der Waals surface area contributed by atoms with Gasteiger partial charge >= 0.3 is 0 Å². The summed E-state index contributed by atoms with van der Waals surface area (Å²) in [5.41, 5.74) is 1.80. The SMILES string of the molecule is O=C(Nc1ccc(S(=O)(=O)N(Cc2ccc(F)cc2)Cc2cc(F)ccc2F)cc1)C1CC1c1ccncc1. The number of nitrogens with one attached hydrogen (secondary N) is 1. The molecule has 1 saturated carbocycles. The van der Waals surface area contributed by atoms with Gasteiger partial charge in [-0.1, -0.05) is 12.1 Å². The lowest BCUT2D eigenvalue weighted by molar-refractivity contribution is -0.117. The third kappa shape index (κ3) is 6.18. The number of hydrogen-bond donors (Lipinski definition) is 1. The van der Waals surface area contributed by atoms with E-state index in [2.05, 4.69) is 10.3 Å². The smallest absolute Gasteiger partial charge is 0.243 e. The molecule has 0 radical (unpaired) electrons. The standard InChI is InChI=1S/C29H24F3N3O3S/c30-22-3-1-19(2-4-22)17-35(18-21-15-23(31)5-10-28(21)32)39(37,38)25-8-6-24(7-9-25)34-29(36)27-16-26(27)20-11-13-33-14-12-20/h1-15,26-27H,16-18H2,(H,34,36). The molecular formula is C29H24F3N3O3S. The van der Waals surface area contributed by atoms with Crippen LogP contribution >= 0.6 is 0 Å². The van der Waals surface area contributed by atoms with Crippen LogP contribution in [0.25, 0.3) is 0 Å². The van der Waals surface area contributed by atoms with E-state index in [1.54, 1.807) is 12.4 Å². The molecule has 2 unspecified atom stereocenters. The molecule has 0 bridgehead atoms. The maximum Gasteiger partial charge on any atom is 0.243 e. The summed E-state index contributed by atoms with van der Waals surface area (Å²) in [6, 6.07) is 17.5. The monoisotopic (exact) mass is 551 g/mol. The third-order valence-corrected chi connectivity index (χ3v) is 8.45. The van der Waals surface area contributed by atoms with Crippen LogP contribution in [0.4, 0.5) is 18.9 Å². The molecule has 0 spiro atoms. The number of carbonyl (C=O) groups is 1. The van der Waals surface area contributed by atoms with Gasteiger partial charge in [-0.15, -0.1) is 0 Å². The number of carbonyl (C=O) groups excluding carboxylic acids is 1. The third-order valence-electron chi connectivity index (χ3n) is 6.65. The van der Waals surface area contributed by atoms with Crippen molar-refractivity contribution in [2.45, 2.75) is 30.3 Å². The van der Waals surface area contributed by atoms with E-state index in [0.717, 1.165) is 34.5 Å². The minimum absolute atomic E-state index is 0.0968. The largest absolute Gasteiger partial charge is 0.326 e. The second-order valence-electron chi connectivity index (χ2n) is 9.38. The van der Waals surface area contributed by atoms with Crippen molar-refractivity contribution in [3.05, 3.63) is 125 Å². The number of amides is 1. The number of sulfonamides is 1. The molecule has 1 heterocycles. The highest BCUT2D eigenvalue weighted by molar-refractivity contribution is 7.89. The Morgan fingerprint density at radius 2 is 1.54 bits per heavy atom. The fraction of sp³-hybridized carbons (Fsp3) is 0.172. The summed E-state index contributed by atoms with van der Waals surface area (Å²) in [4.78, 5) is 16.6. The van der Waals surface area contributed by atoms with Crippen molar-refractivity contribution in [3.8, 4) is 0 Å². The van der Waals surface area contributed by atoms with Crippen molar-refractivity contribution in [2.24, 2.45) is 5.92 Å². The Hall–Kier alpha value is -4.02. The topological polar surface area (TPSA) is 79.4 Å². The van der Waals surface area contributed by atoms with Crippen LogP contribution in [-0.2, 0) is 27.9 Å². The summed E-state index contributed by atoms with van der Waals surface area (Å²) in [5.74, 6) is -2.15. The highest BCUT2D eigenvalue weighted by atomic mass is 32.2. The molecule has 2 atom stereocenters. The van der Waals surface area contributed by atoms with Crippen LogP contribution in [-0.4, -0.2) is 23.6 Å². The van der Waals surface area contributed by atoms with Gasteiger partial charge in [0.2, 0.25) is 15.9 Å². The van der Waals surface area contributed by atoms with Gasteiger partial charge in [-0.3, -0.25) is 9.78 Å². The summed E-state index contributed by atoms with van der Waals surface area (Å²) in [6.45, 7) is -0.644. The van der Waals surface area contributed by atoms with Crippen LogP contribution in [0.1, 0.15) is 29.0 Å². The molecule has 4 aromatic rings. The summed E-state index contributed by atoms with van der Waals surface area (Å²) < 4.78 is 69.8.